The van der Waals surface area contributed by atoms with Gasteiger partial charge in [-0.3, -0.25) is 0 Å². The molecule has 0 nitrogen and oxygen atoms in total. The van der Waals surface area contributed by atoms with Gasteiger partial charge in [-0.05, 0) is 28.8 Å². The molecule has 2 rings (SSSR count). The van der Waals surface area contributed by atoms with Crippen LogP contribution in [0, 0.1) is 5.82 Å². The Bertz CT molecular complexity index is 469. The third-order valence-electron chi connectivity index (χ3n) is 2.30. The van der Waals surface area contributed by atoms with Crippen molar-refractivity contribution in [2.45, 2.75) is 0 Å². The molecule has 0 N–H and O–H groups in total. The summed E-state index contributed by atoms with van der Waals surface area (Å²) in [5.74, 6) is -0.208. The molecule has 0 spiro atoms. The van der Waals surface area contributed by atoms with Crippen LogP contribution in [0.2, 0.25) is 0 Å². The second-order valence-corrected chi connectivity index (χ2v) is 3.34. The highest BCUT2D eigenvalue weighted by Crippen LogP contribution is 2.20. The van der Waals surface area contributed by atoms with Crippen LogP contribution in [0.4, 0.5) is 4.39 Å². The molecule has 0 bridgehead atoms. The Morgan fingerprint density at radius 1 is 0.933 bits per heavy atom. The molecule has 2 aromatic rings. The lowest BCUT2D eigenvalue weighted by molar-refractivity contribution is 0.628. The van der Waals surface area contributed by atoms with Gasteiger partial charge in [-0.1, -0.05) is 49.1 Å². The van der Waals surface area contributed by atoms with Crippen molar-refractivity contribution in [3.05, 3.63) is 66.5 Å². The minimum absolute atomic E-state index is 0.208. The molecule has 0 saturated heterocycles. The van der Waals surface area contributed by atoms with Crippen LogP contribution < -0.4 is 0 Å². The van der Waals surface area contributed by atoms with Crippen molar-refractivity contribution in [1.82, 2.24) is 0 Å². The van der Waals surface area contributed by atoms with Gasteiger partial charge in [-0.25, -0.2) is 4.39 Å². The summed E-state index contributed by atoms with van der Waals surface area (Å²) in [4.78, 5) is 0. The maximum absolute atomic E-state index is 13.0. The fourth-order valence-electron chi connectivity index (χ4n) is 1.48. The van der Waals surface area contributed by atoms with Crippen LogP contribution in [-0.4, -0.2) is 0 Å². The summed E-state index contributed by atoms with van der Waals surface area (Å²) < 4.78 is 13.0. The second-order valence-electron chi connectivity index (χ2n) is 3.34. The van der Waals surface area contributed by atoms with E-state index >= 15 is 0 Å². The largest absolute Gasteiger partial charge is 0.207 e. The zero-order valence-corrected chi connectivity index (χ0v) is 8.28. The molecule has 0 fully saturated rings. The number of halogens is 1. The molecule has 0 atom stereocenters. The predicted octanol–water partition coefficient (Wildman–Crippen LogP) is 4.14. The molecule has 74 valence electrons. The van der Waals surface area contributed by atoms with E-state index in [0.29, 0.717) is 0 Å². The molecular formula is C14H11F. The van der Waals surface area contributed by atoms with Crippen molar-refractivity contribution in [2.75, 3.05) is 0 Å². The smallest absolute Gasteiger partial charge is 0.123 e. The minimum Gasteiger partial charge on any atom is -0.207 e. The predicted molar refractivity (Wildman–Crippen MR) is 61.9 cm³/mol. The molecule has 0 unspecified atom stereocenters. The van der Waals surface area contributed by atoms with Crippen LogP contribution in [0.1, 0.15) is 5.56 Å². The van der Waals surface area contributed by atoms with E-state index in [1.807, 2.05) is 30.3 Å². The summed E-state index contributed by atoms with van der Waals surface area (Å²) >= 11 is 0. The first-order chi connectivity index (χ1) is 7.29. The molecule has 0 aliphatic carbocycles. The average Bonchev–Trinajstić information content (AvgIpc) is 2.29. The van der Waals surface area contributed by atoms with Crippen molar-refractivity contribution in [3.8, 4) is 11.1 Å². The van der Waals surface area contributed by atoms with Gasteiger partial charge < -0.3 is 0 Å². The van der Waals surface area contributed by atoms with E-state index in [-0.39, 0.29) is 5.82 Å². The van der Waals surface area contributed by atoms with Crippen LogP contribution in [0.25, 0.3) is 17.2 Å². The van der Waals surface area contributed by atoms with E-state index in [4.69, 9.17) is 0 Å². The molecule has 0 aliphatic heterocycles. The lowest BCUT2D eigenvalue weighted by Gasteiger charge is -2.02. The van der Waals surface area contributed by atoms with Crippen LogP contribution >= 0.6 is 0 Å². The number of hydrogen-bond acceptors (Lipinski definition) is 0. The Labute approximate surface area is 88.7 Å². The summed E-state index contributed by atoms with van der Waals surface area (Å²) in [6, 6.07) is 14.4. The first kappa shape index (κ1) is 9.66. The molecule has 0 radical (unpaired) electrons. The molecule has 0 aliphatic rings. The maximum atomic E-state index is 13.0. The fourth-order valence-corrected chi connectivity index (χ4v) is 1.48. The van der Waals surface area contributed by atoms with Gasteiger partial charge in [0.15, 0.2) is 0 Å². The lowest BCUT2D eigenvalue weighted by Crippen LogP contribution is -1.80. The van der Waals surface area contributed by atoms with E-state index in [1.54, 1.807) is 12.1 Å². The van der Waals surface area contributed by atoms with Gasteiger partial charge in [0.25, 0.3) is 0 Å². The Morgan fingerprint density at radius 2 is 1.67 bits per heavy atom. The number of hydrogen-bond donors (Lipinski definition) is 0. The molecule has 0 amide bonds. The van der Waals surface area contributed by atoms with Crippen LogP contribution in [-0.2, 0) is 0 Å². The van der Waals surface area contributed by atoms with E-state index < -0.39 is 0 Å². The molecule has 0 saturated carbocycles. The van der Waals surface area contributed by atoms with Crippen molar-refractivity contribution in [3.63, 3.8) is 0 Å². The SMILES string of the molecule is C=Cc1ccc(-c2cccc(F)c2)cc1. The van der Waals surface area contributed by atoms with Gasteiger partial charge >= 0.3 is 0 Å². The van der Waals surface area contributed by atoms with E-state index in [2.05, 4.69) is 6.58 Å². The average molecular weight is 198 g/mol. The van der Waals surface area contributed by atoms with E-state index in [0.717, 1.165) is 16.7 Å². The van der Waals surface area contributed by atoms with Gasteiger partial charge in [0, 0.05) is 0 Å². The molecule has 1 heteroatoms. The van der Waals surface area contributed by atoms with Crippen molar-refractivity contribution in [1.29, 1.82) is 0 Å². The van der Waals surface area contributed by atoms with Crippen molar-refractivity contribution < 1.29 is 4.39 Å². The zero-order valence-electron chi connectivity index (χ0n) is 8.28. The van der Waals surface area contributed by atoms with E-state index in [9.17, 15) is 4.39 Å². The third-order valence-corrected chi connectivity index (χ3v) is 2.30. The zero-order chi connectivity index (χ0) is 10.7. The highest BCUT2D eigenvalue weighted by atomic mass is 19.1. The lowest BCUT2D eigenvalue weighted by atomic mass is 10.0. The Kier molecular flexibility index (Phi) is 2.64. The van der Waals surface area contributed by atoms with Crippen molar-refractivity contribution in [2.24, 2.45) is 0 Å². The first-order valence-corrected chi connectivity index (χ1v) is 4.78. The summed E-state index contributed by atoms with van der Waals surface area (Å²) in [5.41, 5.74) is 2.97. The molecule has 0 aromatic heterocycles. The Balaban J connectivity index is 2.41. The monoisotopic (exact) mass is 198 g/mol. The van der Waals surface area contributed by atoms with Gasteiger partial charge in [0.05, 0.1) is 0 Å². The Hall–Kier alpha value is -1.89. The first-order valence-electron chi connectivity index (χ1n) is 4.78. The molecular weight excluding hydrogens is 187 g/mol. The van der Waals surface area contributed by atoms with Gasteiger partial charge in [-0.15, -0.1) is 0 Å². The summed E-state index contributed by atoms with van der Waals surface area (Å²) in [6.45, 7) is 3.69. The summed E-state index contributed by atoms with van der Waals surface area (Å²) in [6.07, 6.45) is 1.79. The molecule has 0 heterocycles. The molecule has 15 heavy (non-hydrogen) atoms. The summed E-state index contributed by atoms with van der Waals surface area (Å²) in [5, 5.41) is 0. The maximum Gasteiger partial charge on any atom is 0.123 e. The minimum atomic E-state index is -0.208. The Morgan fingerprint density at radius 3 is 2.27 bits per heavy atom. The molecule has 2 aromatic carbocycles. The second kappa shape index (κ2) is 4.09. The topological polar surface area (TPSA) is 0 Å². The van der Waals surface area contributed by atoms with Gasteiger partial charge in [0.2, 0.25) is 0 Å². The van der Waals surface area contributed by atoms with E-state index in [1.165, 1.54) is 12.1 Å². The standard InChI is InChI=1S/C14H11F/c1-2-11-6-8-12(9-7-11)13-4-3-5-14(15)10-13/h2-10H,1H2. The van der Waals surface area contributed by atoms with Crippen LogP contribution in [0.3, 0.4) is 0 Å². The fraction of sp³-hybridized carbons (Fsp3) is 0. The quantitative estimate of drug-likeness (QED) is 0.680. The van der Waals surface area contributed by atoms with Gasteiger partial charge in [0.1, 0.15) is 5.82 Å². The van der Waals surface area contributed by atoms with Gasteiger partial charge in [-0.2, -0.15) is 0 Å². The highest BCUT2D eigenvalue weighted by Gasteiger charge is 1.98. The third kappa shape index (κ3) is 2.13. The normalized spacial score (nSPS) is 9.93. The highest BCUT2D eigenvalue weighted by molar-refractivity contribution is 5.65. The number of benzene rings is 2. The van der Waals surface area contributed by atoms with Crippen molar-refractivity contribution >= 4 is 6.08 Å². The number of rotatable bonds is 2. The van der Waals surface area contributed by atoms with Crippen LogP contribution in [0.15, 0.2) is 55.1 Å². The van der Waals surface area contributed by atoms with Crippen LogP contribution in [0.5, 0.6) is 0 Å². The summed E-state index contributed by atoms with van der Waals surface area (Å²) in [7, 11) is 0.